The average Bonchev–Trinajstić information content (AvgIpc) is 3.91. The number of likely N-dealkylation sites (tertiary alicyclic amines) is 1. The second kappa shape index (κ2) is 10.3. The highest BCUT2D eigenvalue weighted by Gasteiger charge is 2.46. The summed E-state index contributed by atoms with van der Waals surface area (Å²) in [5.41, 5.74) is 0.957. The van der Waals surface area contributed by atoms with E-state index in [1.165, 1.54) is 9.80 Å². The molecule has 3 aromatic rings. The van der Waals surface area contributed by atoms with Gasteiger partial charge < -0.3 is 25.1 Å². The standard InChI is InChI=1S/C30H29F3N6O5S2/c31-30(32,33)21-12-34-28(36-25(21)23-11-24-26(45-23)27(40)37(16-3-4-16)7-8-46(24,43)44)35-22-6-5-17(10-20(22)15-1-2-15)38-13-19-9-18(38)14-39(19)29(41)42/h5-6,10-12,15-16,18-19H,1-4,7-9,13-14H2,(H,41,42)(H,34,35,36)/t18-,19-/m0/s1. The summed E-state index contributed by atoms with van der Waals surface area (Å²) >= 11 is 0.714. The van der Waals surface area contributed by atoms with Gasteiger partial charge >= 0.3 is 12.3 Å². The summed E-state index contributed by atoms with van der Waals surface area (Å²) in [5.74, 6) is -0.609. The molecule has 0 radical (unpaired) electrons. The number of aromatic nitrogens is 2. The van der Waals surface area contributed by atoms with Gasteiger partial charge in [-0.25, -0.2) is 23.2 Å². The van der Waals surface area contributed by atoms with E-state index < -0.39 is 39.3 Å². The number of hydrogen-bond acceptors (Lipinski definition) is 9. The molecule has 11 nitrogen and oxygen atoms in total. The van der Waals surface area contributed by atoms with Crippen LogP contribution < -0.4 is 10.2 Å². The molecule has 1 aromatic carbocycles. The van der Waals surface area contributed by atoms with Crippen LogP contribution in [-0.2, 0) is 16.0 Å². The Balaban J connectivity index is 1.13. The van der Waals surface area contributed by atoms with Crippen molar-refractivity contribution < 1.29 is 36.3 Å². The fraction of sp³-hybridized carbons (Fsp3) is 0.467. The topological polar surface area (TPSA) is 136 Å². The molecule has 3 aliphatic heterocycles. The summed E-state index contributed by atoms with van der Waals surface area (Å²) in [7, 11) is -3.90. The highest BCUT2D eigenvalue weighted by Crippen LogP contribution is 2.47. The second-order valence-electron chi connectivity index (χ2n) is 12.6. The van der Waals surface area contributed by atoms with E-state index in [4.69, 9.17) is 0 Å². The number of nitrogens with zero attached hydrogens (tertiary/aromatic N) is 5. The number of carbonyl (C=O) groups excluding carboxylic acids is 1. The van der Waals surface area contributed by atoms with Crippen molar-refractivity contribution in [2.24, 2.45) is 0 Å². The quantitative estimate of drug-likeness (QED) is 0.363. The summed E-state index contributed by atoms with van der Waals surface area (Å²) in [6.45, 7) is 1.10. The van der Waals surface area contributed by atoms with Crippen LogP contribution in [0.5, 0.6) is 0 Å². The van der Waals surface area contributed by atoms with E-state index >= 15 is 0 Å². The molecule has 0 spiro atoms. The number of carbonyl (C=O) groups is 2. The number of carboxylic acid groups (broad SMARTS) is 1. The van der Waals surface area contributed by atoms with Crippen LogP contribution in [0.3, 0.4) is 0 Å². The molecule has 2 saturated heterocycles. The Labute approximate surface area is 266 Å². The number of sulfone groups is 1. The molecule has 2 N–H and O–H groups in total. The Morgan fingerprint density at radius 3 is 2.48 bits per heavy atom. The maximum absolute atomic E-state index is 14.2. The van der Waals surface area contributed by atoms with Crippen LogP contribution in [0, 0.1) is 0 Å². The van der Waals surface area contributed by atoms with Gasteiger partial charge in [0.15, 0.2) is 9.84 Å². The summed E-state index contributed by atoms with van der Waals surface area (Å²) in [6.07, 6.45) is -0.838. The molecular formula is C30H29F3N6O5S2. The van der Waals surface area contributed by atoms with Crippen LogP contribution >= 0.6 is 11.3 Å². The van der Waals surface area contributed by atoms with Crippen molar-refractivity contribution in [2.75, 3.05) is 35.6 Å². The first-order chi connectivity index (χ1) is 21.9. The molecule has 2 bridgehead atoms. The van der Waals surface area contributed by atoms with Crippen LogP contribution in [0.25, 0.3) is 10.6 Å². The number of nitrogens with one attached hydrogen (secondary N) is 1. The van der Waals surface area contributed by atoms with Crippen molar-refractivity contribution in [1.82, 2.24) is 19.8 Å². The second-order valence-corrected chi connectivity index (χ2v) is 15.7. The minimum absolute atomic E-state index is 0.0492. The number of hydrogen-bond donors (Lipinski definition) is 2. The Kier molecular flexibility index (Phi) is 6.59. The zero-order valence-electron chi connectivity index (χ0n) is 24.3. The molecule has 2 saturated carbocycles. The Morgan fingerprint density at radius 2 is 1.83 bits per heavy atom. The van der Waals surface area contributed by atoms with Crippen LogP contribution in [0.4, 0.5) is 35.3 Å². The van der Waals surface area contributed by atoms with Gasteiger partial charge in [0.05, 0.1) is 27.3 Å². The molecule has 46 heavy (non-hydrogen) atoms. The monoisotopic (exact) mass is 674 g/mol. The molecule has 8 rings (SSSR count). The predicted octanol–water partition coefficient (Wildman–Crippen LogP) is 5.18. The summed E-state index contributed by atoms with van der Waals surface area (Å²) in [6, 6.07) is 6.92. The third-order valence-electron chi connectivity index (χ3n) is 9.52. The number of fused-ring (bicyclic) bond motifs is 3. The molecule has 16 heteroatoms. The zero-order valence-corrected chi connectivity index (χ0v) is 26.0. The number of anilines is 3. The molecule has 242 valence electrons. The first kappa shape index (κ1) is 29.5. The molecule has 2 aromatic heterocycles. The van der Waals surface area contributed by atoms with Crippen molar-refractivity contribution in [3.8, 4) is 10.6 Å². The largest absolute Gasteiger partial charge is 0.465 e. The molecule has 5 aliphatic rings. The number of benzene rings is 1. The minimum Gasteiger partial charge on any atom is -0.465 e. The van der Waals surface area contributed by atoms with E-state index in [1.54, 1.807) is 0 Å². The number of alkyl halides is 3. The molecular weight excluding hydrogens is 645 g/mol. The highest BCUT2D eigenvalue weighted by molar-refractivity contribution is 7.91. The van der Waals surface area contributed by atoms with Gasteiger partial charge in [0.2, 0.25) is 5.95 Å². The van der Waals surface area contributed by atoms with Gasteiger partial charge in [-0.05, 0) is 67.9 Å². The lowest BCUT2D eigenvalue weighted by Crippen LogP contribution is -2.48. The lowest BCUT2D eigenvalue weighted by Gasteiger charge is -2.34. The predicted molar refractivity (Wildman–Crippen MR) is 162 cm³/mol. The normalized spacial score (nSPS) is 23.9. The lowest BCUT2D eigenvalue weighted by molar-refractivity contribution is -0.137. The van der Waals surface area contributed by atoms with Gasteiger partial charge in [-0.2, -0.15) is 13.2 Å². The number of rotatable bonds is 6. The van der Waals surface area contributed by atoms with Crippen LogP contribution in [0.1, 0.15) is 58.8 Å². The molecule has 5 heterocycles. The summed E-state index contributed by atoms with van der Waals surface area (Å²) in [5, 5.41) is 12.6. The SMILES string of the molecule is O=C1c2sc(-c3nc(Nc4ccc(N5C[C@@H]6C[C@H]5CN6C(=O)O)cc4C4CC4)ncc3C(F)(F)F)cc2S(=O)(=O)CCN1C1CC1. The maximum atomic E-state index is 14.2. The van der Waals surface area contributed by atoms with Gasteiger partial charge in [0, 0.05) is 49.3 Å². The van der Waals surface area contributed by atoms with Gasteiger partial charge in [0.1, 0.15) is 10.4 Å². The third-order valence-corrected chi connectivity index (χ3v) is 12.5. The first-order valence-electron chi connectivity index (χ1n) is 15.2. The van der Waals surface area contributed by atoms with Crippen molar-refractivity contribution in [3.63, 3.8) is 0 Å². The fourth-order valence-corrected chi connectivity index (χ4v) is 9.83. The number of halogens is 3. The van der Waals surface area contributed by atoms with Crippen LogP contribution in [0.15, 0.2) is 35.4 Å². The third kappa shape index (κ3) is 5.05. The van der Waals surface area contributed by atoms with Gasteiger partial charge in [-0.15, -0.1) is 11.3 Å². The number of amides is 2. The van der Waals surface area contributed by atoms with Crippen molar-refractivity contribution in [3.05, 3.63) is 46.5 Å². The number of piperazine rings is 1. The van der Waals surface area contributed by atoms with E-state index in [9.17, 15) is 36.3 Å². The smallest absolute Gasteiger partial charge is 0.420 e. The number of thiophene rings is 1. The maximum Gasteiger partial charge on any atom is 0.420 e. The van der Waals surface area contributed by atoms with E-state index in [0.29, 0.717) is 36.3 Å². The molecule has 2 atom stereocenters. The van der Waals surface area contributed by atoms with E-state index in [-0.39, 0.29) is 56.9 Å². The lowest BCUT2D eigenvalue weighted by atomic mass is 10.1. The molecule has 2 amide bonds. The van der Waals surface area contributed by atoms with E-state index in [2.05, 4.69) is 26.3 Å². The first-order valence-corrected chi connectivity index (χ1v) is 17.6. The van der Waals surface area contributed by atoms with Gasteiger partial charge in [-0.3, -0.25) is 4.79 Å². The minimum atomic E-state index is -4.83. The van der Waals surface area contributed by atoms with Crippen molar-refractivity contribution >= 4 is 50.5 Å². The summed E-state index contributed by atoms with van der Waals surface area (Å²) in [4.78, 5) is 37.9. The van der Waals surface area contributed by atoms with Crippen molar-refractivity contribution in [2.45, 2.75) is 67.2 Å². The Hall–Kier alpha value is -3.92. The van der Waals surface area contributed by atoms with Crippen molar-refractivity contribution in [1.29, 1.82) is 0 Å². The van der Waals surface area contributed by atoms with Gasteiger partial charge in [-0.1, -0.05) is 0 Å². The van der Waals surface area contributed by atoms with Crippen LogP contribution in [-0.4, -0.2) is 88.8 Å². The molecule has 2 aliphatic carbocycles. The average molecular weight is 675 g/mol. The molecule has 4 fully saturated rings. The molecule has 0 unspecified atom stereocenters. The zero-order chi connectivity index (χ0) is 32.1. The van der Waals surface area contributed by atoms with E-state index in [0.717, 1.165) is 49.4 Å². The Bertz CT molecular complexity index is 1890. The van der Waals surface area contributed by atoms with Gasteiger partial charge in [0.25, 0.3) is 5.91 Å². The van der Waals surface area contributed by atoms with Crippen LogP contribution in [0.2, 0.25) is 0 Å². The Morgan fingerprint density at radius 1 is 1.04 bits per heavy atom. The highest BCUT2D eigenvalue weighted by atomic mass is 32.2. The summed E-state index contributed by atoms with van der Waals surface area (Å²) < 4.78 is 68.9. The van der Waals surface area contributed by atoms with E-state index in [1.807, 2.05) is 12.1 Å². The fourth-order valence-electron chi connectivity index (χ4n) is 6.92.